The van der Waals surface area contributed by atoms with Crippen LogP contribution in [0.15, 0.2) is 18.2 Å². The number of fused-ring (bicyclic) bond motifs is 1. The van der Waals surface area contributed by atoms with Crippen molar-refractivity contribution in [3.63, 3.8) is 0 Å². The zero-order valence-corrected chi connectivity index (χ0v) is 11.5. The molecule has 5 nitrogen and oxygen atoms in total. The number of aromatic carboxylic acids is 1. The van der Waals surface area contributed by atoms with Crippen molar-refractivity contribution in [1.82, 2.24) is 5.32 Å². The second-order valence-electron chi connectivity index (χ2n) is 5.84. The van der Waals surface area contributed by atoms with Gasteiger partial charge in [0.15, 0.2) is 0 Å². The molecule has 0 bridgehead atoms. The number of anilines is 1. The largest absolute Gasteiger partial charge is 0.478 e. The van der Waals surface area contributed by atoms with E-state index in [2.05, 4.69) is 5.32 Å². The fourth-order valence-electron chi connectivity index (χ4n) is 3.05. The molecule has 2 aliphatic rings. The molecule has 1 unspecified atom stereocenters. The van der Waals surface area contributed by atoms with E-state index in [1.54, 1.807) is 17.0 Å². The number of nitrogens with one attached hydrogen (secondary N) is 1. The van der Waals surface area contributed by atoms with E-state index in [1.165, 1.54) is 0 Å². The Balaban J connectivity index is 1.94. The van der Waals surface area contributed by atoms with Gasteiger partial charge in [0, 0.05) is 18.8 Å². The third-order valence-electron chi connectivity index (χ3n) is 4.36. The molecular formula is C15H18N2O3. The van der Waals surface area contributed by atoms with Gasteiger partial charge in [0.05, 0.1) is 11.0 Å². The Hall–Kier alpha value is -1.88. The third-order valence-corrected chi connectivity index (χ3v) is 4.36. The summed E-state index contributed by atoms with van der Waals surface area (Å²) in [5.41, 5.74) is 1.68. The molecule has 1 aromatic carbocycles. The molecule has 3 rings (SSSR count). The molecule has 20 heavy (non-hydrogen) atoms. The van der Waals surface area contributed by atoms with Gasteiger partial charge in [-0.1, -0.05) is 6.07 Å². The summed E-state index contributed by atoms with van der Waals surface area (Å²) in [5.74, 6) is -0.857. The zero-order valence-electron chi connectivity index (χ0n) is 11.5. The number of carboxylic acids is 1. The van der Waals surface area contributed by atoms with Crippen LogP contribution in [0, 0.1) is 5.41 Å². The third kappa shape index (κ3) is 1.98. The van der Waals surface area contributed by atoms with Crippen molar-refractivity contribution in [2.45, 2.75) is 19.8 Å². The van der Waals surface area contributed by atoms with Crippen LogP contribution in [0.5, 0.6) is 0 Å². The number of carboxylic acid groups (broad SMARTS) is 1. The molecule has 0 radical (unpaired) electrons. The van der Waals surface area contributed by atoms with E-state index in [0.717, 1.165) is 30.6 Å². The van der Waals surface area contributed by atoms with Crippen molar-refractivity contribution >= 4 is 17.6 Å². The van der Waals surface area contributed by atoms with Gasteiger partial charge in [-0.05, 0) is 44.0 Å². The lowest BCUT2D eigenvalue weighted by Crippen LogP contribution is -2.43. The first-order chi connectivity index (χ1) is 9.51. The lowest BCUT2D eigenvalue weighted by Gasteiger charge is -2.28. The first-order valence-electron chi connectivity index (χ1n) is 6.90. The Morgan fingerprint density at radius 1 is 1.40 bits per heavy atom. The topological polar surface area (TPSA) is 69.6 Å². The minimum absolute atomic E-state index is 0.101. The number of carbonyl (C=O) groups excluding carboxylic acids is 1. The van der Waals surface area contributed by atoms with E-state index in [0.29, 0.717) is 13.1 Å². The first-order valence-corrected chi connectivity index (χ1v) is 6.90. The molecule has 1 amide bonds. The maximum absolute atomic E-state index is 12.8. The lowest BCUT2D eigenvalue weighted by atomic mass is 9.88. The predicted octanol–water partition coefficient (Wildman–Crippen LogP) is 1.27. The summed E-state index contributed by atoms with van der Waals surface area (Å²) in [7, 11) is 0. The number of nitrogens with zero attached hydrogens (tertiary/aromatic N) is 1. The Labute approximate surface area is 117 Å². The fourth-order valence-corrected chi connectivity index (χ4v) is 3.05. The quantitative estimate of drug-likeness (QED) is 0.852. The molecular weight excluding hydrogens is 256 g/mol. The normalized spacial score (nSPS) is 24.8. The van der Waals surface area contributed by atoms with Crippen molar-refractivity contribution in [2.24, 2.45) is 5.41 Å². The molecule has 0 aliphatic carbocycles. The highest BCUT2D eigenvalue weighted by Gasteiger charge is 2.41. The standard InChI is InChI=1S/C15H18N2O3/c1-15(5-6-16-9-15)14(20)17-7-4-10-2-3-11(13(18)19)8-12(10)17/h2-3,8,16H,4-7,9H2,1H3,(H,18,19). The summed E-state index contributed by atoms with van der Waals surface area (Å²) in [6, 6.07) is 5.05. The van der Waals surface area contributed by atoms with E-state index in [4.69, 9.17) is 5.11 Å². The summed E-state index contributed by atoms with van der Waals surface area (Å²) in [6.07, 6.45) is 1.63. The van der Waals surface area contributed by atoms with Crippen LogP contribution in [0.2, 0.25) is 0 Å². The van der Waals surface area contributed by atoms with Gasteiger partial charge in [-0.15, -0.1) is 0 Å². The van der Waals surface area contributed by atoms with E-state index < -0.39 is 5.97 Å². The van der Waals surface area contributed by atoms with Crippen molar-refractivity contribution in [1.29, 1.82) is 0 Å². The van der Waals surface area contributed by atoms with Crippen molar-refractivity contribution in [2.75, 3.05) is 24.5 Å². The van der Waals surface area contributed by atoms with Crippen molar-refractivity contribution in [3.8, 4) is 0 Å². The van der Waals surface area contributed by atoms with Crippen molar-refractivity contribution < 1.29 is 14.7 Å². The zero-order chi connectivity index (χ0) is 14.3. The molecule has 2 N–H and O–H groups in total. The fraction of sp³-hybridized carbons (Fsp3) is 0.467. The summed E-state index contributed by atoms with van der Waals surface area (Å²) >= 11 is 0. The minimum atomic E-state index is -0.958. The molecule has 0 aromatic heterocycles. The molecule has 1 aromatic rings. The Bertz CT molecular complexity index is 576. The summed E-state index contributed by atoms with van der Waals surface area (Å²) in [4.78, 5) is 25.6. The van der Waals surface area contributed by atoms with Gasteiger partial charge in [0.25, 0.3) is 0 Å². The van der Waals surface area contributed by atoms with Gasteiger partial charge in [-0.3, -0.25) is 4.79 Å². The molecule has 5 heteroatoms. The maximum atomic E-state index is 12.8. The number of amides is 1. The van der Waals surface area contributed by atoms with Crippen LogP contribution in [0.1, 0.15) is 29.3 Å². The van der Waals surface area contributed by atoms with Crippen LogP contribution in [0.4, 0.5) is 5.69 Å². The van der Waals surface area contributed by atoms with Gasteiger partial charge in [-0.2, -0.15) is 0 Å². The van der Waals surface area contributed by atoms with Crippen molar-refractivity contribution in [3.05, 3.63) is 29.3 Å². The Morgan fingerprint density at radius 3 is 2.85 bits per heavy atom. The first kappa shape index (κ1) is 13.1. The molecule has 0 saturated carbocycles. The minimum Gasteiger partial charge on any atom is -0.478 e. The van der Waals surface area contributed by atoms with Gasteiger partial charge in [-0.25, -0.2) is 4.79 Å². The van der Waals surface area contributed by atoms with Crippen LogP contribution in [-0.4, -0.2) is 36.6 Å². The molecule has 1 saturated heterocycles. The number of hydrogen-bond acceptors (Lipinski definition) is 3. The summed E-state index contributed by atoms with van der Waals surface area (Å²) < 4.78 is 0. The average molecular weight is 274 g/mol. The molecule has 1 atom stereocenters. The number of benzene rings is 1. The van der Waals surface area contributed by atoms with E-state index in [-0.39, 0.29) is 16.9 Å². The van der Waals surface area contributed by atoms with Crippen LogP contribution >= 0.6 is 0 Å². The van der Waals surface area contributed by atoms with Gasteiger partial charge in [0.1, 0.15) is 0 Å². The molecule has 2 aliphatic heterocycles. The highest BCUT2D eigenvalue weighted by Crippen LogP contribution is 2.35. The predicted molar refractivity (Wildman–Crippen MR) is 75.1 cm³/mol. The van der Waals surface area contributed by atoms with E-state index >= 15 is 0 Å². The number of rotatable bonds is 2. The van der Waals surface area contributed by atoms with E-state index in [1.807, 2.05) is 13.0 Å². The van der Waals surface area contributed by atoms with Gasteiger partial charge in [0.2, 0.25) is 5.91 Å². The molecule has 0 spiro atoms. The molecule has 2 heterocycles. The second-order valence-corrected chi connectivity index (χ2v) is 5.84. The van der Waals surface area contributed by atoms with Gasteiger partial charge >= 0.3 is 5.97 Å². The smallest absolute Gasteiger partial charge is 0.335 e. The maximum Gasteiger partial charge on any atom is 0.335 e. The monoisotopic (exact) mass is 274 g/mol. The van der Waals surface area contributed by atoms with Crippen LogP contribution in [0.25, 0.3) is 0 Å². The average Bonchev–Trinajstić information content (AvgIpc) is 3.04. The number of carbonyl (C=O) groups is 2. The lowest BCUT2D eigenvalue weighted by molar-refractivity contribution is -0.126. The number of hydrogen-bond donors (Lipinski definition) is 2. The highest BCUT2D eigenvalue weighted by molar-refractivity contribution is 6.01. The molecule has 1 fully saturated rings. The highest BCUT2D eigenvalue weighted by atomic mass is 16.4. The summed E-state index contributed by atoms with van der Waals surface area (Å²) in [6.45, 7) is 4.18. The second kappa shape index (κ2) is 4.59. The van der Waals surface area contributed by atoms with E-state index in [9.17, 15) is 9.59 Å². The summed E-state index contributed by atoms with van der Waals surface area (Å²) in [5, 5.41) is 12.3. The van der Waals surface area contributed by atoms with Crippen LogP contribution in [0.3, 0.4) is 0 Å². The molecule has 106 valence electrons. The Kier molecular flexibility index (Phi) is 3.01. The SMILES string of the molecule is CC1(C(=O)N2CCc3ccc(C(=O)O)cc32)CCNC1. The van der Waals surface area contributed by atoms with Crippen LogP contribution < -0.4 is 10.2 Å². The van der Waals surface area contributed by atoms with Crippen LogP contribution in [-0.2, 0) is 11.2 Å². The van der Waals surface area contributed by atoms with Gasteiger partial charge < -0.3 is 15.3 Å². The Morgan fingerprint density at radius 2 is 2.20 bits per heavy atom.